The highest BCUT2D eigenvalue weighted by Crippen LogP contribution is 2.20. The van der Waals surface area contributed by atoms with Crippen LogP contribution in [0.25, 0.3) is 0 Å². The number of carbonyl (C=O) groups is 1. The fraction of sp³-hybridized carbons (Fsp3) is 0.0714. The van der Waals surface area contributed by atoms with Crippen molar-refractivity contribution in [2.75, 3.05) is 0 Å². The third-order valence-corrected chi connectivity index (χ3v) is 4.48. The summed E-state index contributed by atoms with van der Waals surface area (Å²) in [6, 6.07) is 9.61. The molecule has 116 valence electrons. The molecule has 22 heavy (non-hydrogen) atoms. The van der Waals surface area contributed by atoms with Gasteiger partial charge in [0.25, 0.3) is 5.91 Å². The Morgan fingerprint density at radius 1 is 1.18 bits per heavy atom. The average molecular weight is 387 g/mol. The molecule has 2 aromatic carbocycles. The minimum absolute atomic E-state index is 0.147. The Hall–Kier alpha value is -1.77. The van der Waals surface area contributed by atoms with E-state index < -0.39 is 15.9 Å². The van der Waals surface area contributed by atoms with Gasteiger partial charge in [-0.2, -0.15) is 0 Å². The molecule has 0 radical (unpaired) electrons. The zero-order valence-corrected chi connectivity index (χ0v) is 13.6. The first-order chi connectivity index (χ1) is 10.3. The number of nitrogens with one attached hydrogen (secondary N) is 1. The van der Waals surface area contributed by atoms with Crippen molar-refractivity contribution in [2.45, 2.75) is 11.4 Å². The van der Waals surface area contributed by atoms with Gasteiger partial charge in [-0.1, -0.05) is 12.1 Å². The molecular formula is C14H12BrFN2O3S. The number of sulfonamides is 1. The van der Waals surface area contributed by atoms with Crippen molar-refractivity contribution in [1.29, 1.82) is 0 Å². The van der Waals surface area contributed by atoms with E-state index >= 15 is 0 Å². The zero-order chi connectivity index (χ0) is 16.3. The molecule has 3 N–H and O–H groups in total. The molecule has 0 bridgehead atoms. The average Bonchev–Trinajstić information content (AvgIpc) is 2.45. The maximum atomic E-state index is 12.8. The number of carbonyl (C=O) groups excluding carboxylic acids is 1. The van der Waals surface area contributed by atoms with Crippen molar-refractivity contribution in [3.8, 4) is 0 Å². The standard InChI is InChI=1S/C14H12BrFN2O3S/c15-13-6-5-11(22(17,20)21)7-12(13)14(19)18-8-9-1-3-10(16)4-2-9/h1-7H,8H2,(H,18,19)(H2,17,20,21). The summed E-state index contributed by atoms with van der Waals surface area (Å²) in [6.07, 6.45) is 0. The molecule has 0 aliphatic heterocycles. The van der Waals surface area contributed by atoms with Gasteiger partial charge in [-0.15, -0.1) is 0 Å². The van der Waals surface area contributed by atoms with E-state index in [9.17, 15) is 17.6 Å². The number of nitrogens with two attached hydrogens (primary N) is 1. The molecule has 0 saturated carbocycles. The van der Waals surface area contributed by atoms with Crippen molar-refractivity contribution < 1.29 is 17.6 Å². The predicted octanol–water partition coefficient (Wildman–Crippen LogP) is 2.17. The van der Waals surface area contributed by atoms with Gasteiger partial charge >= 0.3 is 0 Å². The van der Waals surface area contributed by atoms with Crippen LogP contribution in [0.4, 0.5) is 4.39 Å². The van der Waals surface area contributed by atoms with Crippen LogP contribution in [0.2, 0.25) is 0 Å². The smallest absolute Gasteiger partial charge is 0.252 e. The van der Waals surface area contributed by atoms with E-state index in [1.165, 1.54) is 30.3 Å². The molecule has 0 saturated heterocycles. The van der Waals surface area contributed by atoms with Gasteiger partial charge in [-0.05, 0) is 51.8 Å². The Balaban J connectivity index is 2.17. The molecule has 2 aromatic rings. The summed E-state index contributed by atoms with van der Waals surface area (Å²) in [5, 5.41) is 7.67. The van der Waals surface area contributed by atoms with E-state index in [-0.39, 0.29) is 22.8 Å². The van der Waals surface area contributed by atoms with E-state index in [2.05, 4.69) is 21.2 Å². The molecular weight excluding hydrogens is 375 g/mol. The predicted molar refractivity (Wildman–Crippen MR) is 83.1 cm³/mol. The first kappa shape index (κ1) is 16.6. The molecule has 0 aromatic heterocycles. The van der Waals surface area contributed by atoms with E-state index in [0.717, 1.165) is 0 Å². The molecule has 1 amide bonds. The molecule has 0 atom stereocenters. The lowest BCUT2D eigenvalue weighted by Crippen LogP contribution is -2.24. The minimum Gasteiger partial charge on any atom is -0.348 e. The van der Waals surface area contributed by atoms with Crippen molar-refractivity contribution >= 4 is 31.9 Å². The van der Waals surface area contributed by atoms with Crippen LogP contribution in [0.15, 0.2) is 51.8 Å². The van der Waals surface area contributed by atoms with Gasteiger partial charge in [0, 0.05) is 11.0 Å². The van der Waals surface area contributed by atoms with Crippen LogP contribution in [-0.2, 0) is 16.6 Å². The Bertz CT molecular complexity index is 807. The summed E-state index contributed by atoms with van der Waals surface area (Å²) in [6.45, 7) is 0.186. The van der Waals surface area contributed by atoms with Gasteiger partial charge in [-0.3, -0.25) is 4.79 Å². The Kier molecular flexibility index (Phi) is 4.94. The highest BCUT2D eigenvalue weighted by atomic mass is 79.9. The van der Waals surface area contributed by atoms with E-state index in [0.29, 0.717) is 10.0 Å². The van der Waals surface area contributed by atoms with Crippen LogP contribution < -0.4 is 10.5 Å². The van der Waals surface area contributed by atoms with Gasteiger partial charge < -0.3 is 5.32 Å². The zero-order valence-electron chi connectivity index (χ0n) is 11.2. The van der Waals surface area contributed by atoms with Crippen LogP contribution in [0, 0.1) is 5.82 Å². The van der Waals surface area contributed by atoms with Crippen molar-refractivity contribution in [3.63, 3.8) is 0 Å². The lowest BCUT2D eigenvalue weighted by Gasteiger charge is -2.08. The Morgan fingerprint density at radius 2 is 1.82 bits per heavy atom. The number of hydrogen-bond acceptors (Lipinski definition) is 3. The van der Waals surface area contributed by atoms with Gasteiger partial charge in [0.15, 0.2) is 0 Å². The maximum Gasteiger partial charge on any atom is 0.252 e. The number of hydrogen-bond donors (Lipinski definition) is 2. The minimum atomic E-state index is -3.89. The molecule has 5 nitrogen and oxygen atoms in total. The van der Waals surface area contributed by atoms with Crippen molar-refractivity contribution in [3.05, 3.63) is 63.9 Å². The van der Waals surface area contributed by atoms with Crippen molar-refractivity contribution in [2.24, 2.45) is 5.14 Å². The second kappa shape index (κ2) is 6.55. The van der Waals surface area contributed by atoms with Crippen LogP contribution in [0.3, 0.4) is 0 Å². The maximum absolute atomic E-state index is 12.8. The lowest BCUT2D eigenvalue weighted by molar-refractivity contribution is 0.0950. The summed E-state index contributed by atoms with van der Waals surface area (Å²) in [5.74, 6) is -0.833. The monoisotopic (exact) mass is 386 g/mol. The number of primary sulfonamides is 1. The number of benzene rings is 2. The quantitative estimate of drug-likeness (QED) is 0.843. The van der Waals surface area contributed by atoms with E-state index in [4.69, 9.17) is 5.14 Å². The topological polar surface area (TPSA) is 89.3 Å². The van der Waals surface area contributed by atoms with Crippen LogP contribution >= 0.6 is 15.9 Å². The van der Waals surface area contributed by atoms with Gasteiger partial charge in [0.1, 0.15) is 5.82 Å². The molecule has 0 heterocycles. The first-order valence-corrected chi connectivity index (χ1v) is 8.46. The summed E-state index contributed by atoms with van der Waals surface area (Å²) in [7, 11) is -3.89. The molecule has 0 unspecified atom stereocenters. The number of rotatable bonds is 4. The summed E-state index contributed by atoms with van der Waals surface area (Å²) < 4.78 is 35.9. The van der Waals surface area contributed by atoms with Crippen LogP contribution in [0.1, 0.15) is 15.9 Å². The first-order valence-electron chi connectivity index (χ1n) is 6.12. The van der Waals surface area contributed by atoms with Crippen LogP contribution in [-0.4, -0.2) is 14.3 Å². The van der Waals surface area contributed by atoms with E-state index in [1.807, 2.05) is 0 Å². The highest BCUT2D eigenvalue weighted by molar-refractivity contribution is 9.10. The largest absolute Gasteiger partial charge is 0.348 e. The Morgan fingerprint density at radius 3 is 2.41 bits per heavy atom. The van der Waals surface area contributed by atoms with Gasteiger partial charge in [0.05, 0.1) is 10.5 Å². The van der Waals surface area contributed by atoms with Crippen molar-refractivity contribution in [1.82, 2.24) is 5.32 Å². The molecule has 0 spiro atoms. The third kappa shape index (κ3) is 4.12. The van der Waals surface area contributed by atoms with E-state index in [1.54, 1.807) is 12.1 Å². The molecule has 2 rings (SSSR count). The Labute approximate surface area is 135 Å². The SMILES string of the molecule is NS(=O)(=O)c1ccc(Br)c(C(=O)NCc2ccc(F)cc2)c1. The molecule has 8 heteroatoms. The summed E-state index contributed by atoms with van der Waals surface area (Å²) >= 11 is 3.19. The van der Waals surface area contributed by atoms with Gasteiger partial charge in [-0.25, -0.2) is 17.9 Å². The number of halogens is 2. The number of amides is 1. The lowest BCUT2D eigenvalue weighted by atomic mass is 10.2. The second-order valence-corrected chi connectivity index (χ2v) is 6.91. The molecule has 0 fully saturated rings. The summed E-state index contributed by atoms with van der Waals surface area (Å²) in [5.41, 5.74) is 0.863. The third-order valence-electron chi connectivity index (χ3n) is 2.88. The summed E-state index contributed by atoms with van der Waals surface area (Å²) in [4.78, 5) is 12.0. The van der Waals surface area contributed by atoms with Gasteiger partial charge in [0.2, 0.25) is 10.0 Å². The molecule has 0 aliphatic carbocycles. The fourth-order valence-electron chi connectivity index (χ4n) is 1.74. The second-order valence-electron chi connectivity index (χ2n) is 4.50. The highest BCUT2D eigenvalue weighted by Gasteiger charge is 2.15. The van der Waals surface area contributed by atoms with Crippen LogP contribution in [0.5, 0.6) is 0 Å². The fourth-order valence-corrected chi connectivity index (χ4v) is 2.70. The normalized spacial score (nSPS) is 11.2. The molecule has 0 aliphatic rings.